The van der Waals surface area contributed by atoms with Crippen molar-refractivity contribution < 1.29 is 18.0 Å². The Morgan fingerprint density at radius 3 is 2.28 bits per heavy atom. The second-order valence-corrected chi connectivity index (χ2v) is 4.88. The molecule has 0 rings (SSSR count). The first-order chi connectivity index (χ1) is 8.26. The minimum absolute atomic E-state index is 0.0281. The van der Waals surface area contributed by atoms with Gasteiger partial charge in [-0.15, -0.1) is 0 Å². The molecular weight excluding hydrogens is 245 g/mol. The fourth-order valence-corrected chi connectivity index (χ4v) is 1.67. The summed E-state index contributed by atoms with van der Waals surface area (Å²) in [6.07, 6.45) is -1.98. The van der Waals surface area contributed by atoms with Gasteiger partial charge in [0.1, 0.15) is 6.54 Å². The first-order valence-corrected chi connectivity index (χ1v) is 6.31. The third-order valence-corrected chi connectivity index (χ3v) is 2.40. The van der Waals surface area contributed by atoms with Crippen molar-refractivity contribution in [3.8, 4) is 0 Å². The molecule has 0 aromatic heterocycles. The molecule has 108 valence electrons. The van der Waals surface area contributed by atoms with E-state index in [4.69, 9.17) is 5.73 Å². The Labute approximate surface area is 107 Å². The molecule has 0 aromatic carbocycles. The van der Waals surface area contributed by atoms with E-state index in [-0.39, 0.29) is 18.9 Å². The van der Waals surface area contributed by atoms with Crippen molar-refractivity contribution in [1.29, 1.82) is 0 Å². The molecule has 0 atom stereocenters. The molecule has 0 radical (unpaired) electrons. The average Bonchev–Trinajstić information content (AvgIpc) is 2.20. The van der Waals surface area contributed by atoms with Crippen LogP contribution in [0.3, 0.4) is 0 Å². The van der Waals surface area contributed by atoms with Crippen LogP contribution >= 0.6 is 0 Å². The maximum Gasteiger partial charge on any atom is 0.406 e. The van der Waals surface area contributed by atoms with Crippen LogP contribution in [0.5, 0.6) is 0 Å². The highest BCUT2D eigenvalue weighted by Gasteiger charge is 2.32. The number of carbonyl (C=O) groups is 1. The third-order valence-electron chi connectivity index (χ3n) is 2.40. The summed E-state index contributed by atoms with van der Waals surface area (Å²) in [5, 5.41) is 0. The molecule has 6 heteroatoms. The summed E-state index contributed by atoms with van der Waals surface area (Å²) in [7, 11) is 0. The first kappa shape index (κ1) is 17.2. The molecule has 0 bridgehead atoms. The van der Waals surface area contributed by atoms with Gasteiger partial charge in [0.25, 0.3) is 0 Å². The van der Waals surface area contributed by atoms with Crippen LogP contribution in [-0.2, 0) is 4.79 Å². The van der Waals surface area contributed by atoms with E-state index in [0.717, 1.165) is 17.7 Å². The van der Waals surface area contributed by atoms with Crippen LogP contribution < -0.4 is 5.73 Å². The van der Waals surface area contributed by atoms with Gasteiger partial charge in [0.05, 0.1) is 0 Å². The molecule has 18 heavy (non-hydrogen) atoms. The maximum atomic E-state index is 12.3. The van der Waals surface area contributed by atoms with Gasteiger partial charge < -0.3 is 10.6 Å². The van der Waals surface area contributed by atoms with Gasteiger partial charge in [0.15, 0.2) is 0 Å². The van der Waals surface area contributed by atoms with Gasteiger partial charge in [0, 0.05) is 13.0 Å². The lowest BCUT2D eigenvalue weighted by Crippen LogP contribution is -2.41. The Morgan fingerprint density at radius 2 is 1.83 bits per heavy atom. The number of nitrogens with two attached hydrogens (primary N) is 1. The number of hydrogen-bond donors (Lipinski definition) is 1. The molecule has 0 unspecified atom stereocenters. The summed E-state index contributed by atoms with van der Waals surface area (Å²) in [5.41, 5.74) is 5.31. The van der Waals surface area contributed by atoms with Crippen LogP contribution in [0.15, 0.2) is 0 Å². The maximum absolute atomic E-state index is 12.3. The van der Waals surface area contributed by atoms with Crippen LogP contribution in [0.4, 0.5) is 13.2 Å². The Hall–Kier alpha value is -0.780. The molecule has 0 aromatic rings. The minimum atomic E-state index is -4.33. The van der Waals surface area contributed by atoms with Crippen molar-refractivity contribution in [1.82, 2.24) is 4.90 Å². The molecule has 3 nitrogen and oxygen atoms in total. The number of rotatable bonds is 8. The van der Waals surface area contributed by atoms with Gasteiger partial charge in [-0.3, -0.25) is 4.79 Å². The number of carbonyl (C=O) groups excluding carboxylic acids is 1. The Bertz CT molecular complexity index is 242. The Kier molecular flexibility index (Phi) is 7.98. The fourth-order valence-electron chi connectivity index (χ4n) is 1.67. The van der Waals surface area contributed by atoms with Crippen molar-refractivity contribution in [2.45, 2.75) is 45.7 Å². The Balaban J connectivity index is 4.23. The predicted molar refractivity (Wildman–Crippen MR) is 65.0 cm³/mol. The third kappa shape index (κ3) is 9.27. The lowest BCUT2D eigenvalue weighted by molar-refractivity contribution is -0.162. The van der Waals surface area contributed by atoms with Crippen molar-refractivity contribution in [2.24, 2.45) is 11.7 Å². The van der Waals surface area contributed by atoms with Crippen LogP contribution in [0.1, 0.15) is 39.5 Å². The highest BCUT2D eigenvalue weighted by Crippen LogP contribution is 2.18. The van der Waals surface area contributed by atoms with Crippen molar-refractivity contribution in [2.75, 3.05) is 19.6 Å². The topological polar surface area (TPSA) is 46.3 Å². The molecular formula is C12H23F3N2O. The van der Waals surface area contributed by atoms with E-state index < -0.39 is 18.6 Å². The summed E-state index contributed by atoms with van der Waals surface area (Å²) < 4.78 is 37.0. The highest BCUT2D eigenvalue weighted by molar-refractivity contribution is 5.76. The monoisotopic (exact) mass is 268 g/mol. The SMILES string of the molecule is CC(C)CN(CC(F)(F)F)C(=O)CCCCCN. The number of unbranched alkanes of at least 4 members (excludes halogenated alkanes) is 2. The summed E-state index contributed by atoms with van der Waals surface area (Å²) in [4.78, 5) is 12.6. The lowest BCUT2D eigenvalue weighted by atomic mass is 10.1. The van der Waals surface area contributed by atoms with E-state index in [2.05, 4.69) is 0 Å². The predicted octanol–water partition coefficient (Wildman–Crippen LogP) is 2.55. The van der Waals surface area contributed by atoms with E-state index in [9.17, 15) is 18.0 Å². The second kappa shape index (κ2) is 8.34. The standard InChI is InChI=1S/C12H23F3N2O/c1-10(2)8-17(9-12(13,14)15)11(18)6-4-3-5-7-16/h10H,3-9,16H2,1-2H3. The van der Waals surface area contributed by atoms with Gasteiger partial charge >= 0.3 is 6.18 Å². The van der Waals surface area contributed by atoms with E-state index in [1.807, 2.05) is 0 Å². The highest BCUT2D eigenvalue weighted by atomic mass is 19.4. The average molecular weight is 268 g/mol. The number of hydrogen-bond acceptors (Lipinski definition) is 2. The zero-order valence-corrected chi connectivity index (χ0v) is 11.1. The lowest BCUT2D eigenvalue weighted by Gasteiger charge is -2.25. The molecule has 0 aliphatic heterocycles. The summed E-state index contributed by atoms with van der Waals surface area (Å²) in [6, 6.07) is 0. The zero-order chi connectivity index (χ0) is 14.2. The summed E-state index contributed by atoms with van der Waals surface area (Å²) in [5.74, 6) is -0.390. The smallest absolute Gasteiger partial charge is 0.333 e. The van der Waals surface area contributed by atoms with Crippen LogP contribution in [0, 0.1) is 5.92 Å². The number of amides is 1. The normalized spacial score (nSPS) is 11.9. The van der Waals surface area contributed by atoms with E-state index in [0.29, 0.717) is 13.0 Å². The molecule has 0 aliphatic rings. The van der Waals surface area contributed by atoms with Crippen LogP contribution in [0.2, 0.25) is 0 Å². The van der Waals surface area contributed by atoms with Crippen molar-refractivity contribution in [3.05, 3.63) is 0 Å². The molecule has 0 aliphatic carbocycles. The van der Waals surface area contributed by atoms with Crippen molar-refractivity contribution in [3.63, 3.8) is 0 Å². The molecule has 0 fully saturated rings. The first-order valence-electron chi connectivity index (χ1n) is 6.31. The molecule has 0 saturated heterocycles. The second-order valence-electron chi connectivity index (χ2n) is 4.88. The number of halogens is 3. The minimum Gasteiger partial charge on any atom is -0.333 e. The van der Waals surface area contributed by atoms with Crippen molar-refractivity contribution >= 4 is 5.91 Å². The molecule has 0 spiro atoms. The van der Waals surface area contributed by atoms with Gasteiger partial charge in [-0.1, -0.05) is 20.3 Å². The van der Waals surface area contributed by atoms with E-state index >= 15 is 0 Å². The van der Waals surface area contributed by atoms with Gasteiger partial charge in [0.2, 0.25) is 5.91 Å². The van der Waals surface area contributed by atoms with Gasteiger partial charge in [-0.25, -0.2) is 0 Å². The number of alkyl halides is 3. The summed E-state index contributed by atoms with van der Waals surface area (Å²) >= 11 is 0. The van der Waals surface area contributed by atoms with Gasteiger partial charge in [-0.2, -0.15) is 13.2 Å². The largest absolute Gasteiger partial charge is 0.406 e. The van der Waals surface area contributed by atoms with E-state index in [1.54, 1.807) is 13.8 Å². The fraction of sp³-hybridized carbons (Fsp3) is 0.917. The van der Waals surface area contributed by atoms with Crippen LogP contribution in [0.25, 0.3) is 0 Å². The number of nitrogens with zero attached hydrogens (tertiary/aromatic N) is 1. The molecule has 0 heterocycles. The Morgan fingerprint density at radius 1 is 1.22 bits per heavy atom. The summed E-state index contributed by atoms with van der Waals surface area (Å²) in [6.45, 7) is 3.14. The molecule has 0 saturated carbocycles. The molecule has 1 amide bonds. The van der Waals surface area contributed by atoms with Gasteiger partial charge in [-0.05, 0) is 25.3 Å². The van der Waals surface area contributed by atoms with Crippen LogP contribution in [-0.4, -0.2) is 36.6 Å². The zero-order valence-electron chi connectivity index (χ0n) is 11.1. The quantitative estimate of drug-likeness (QED) is 0.688. The molecule has 2 N–H and O–H groups in total. The van der Waals surface area contributed by atoms with E-state index in [1.165, 1.54) is 0 Å².